The molecular formula is C20H23F2NO2. The number of rotatable bonds is 2. The number of nitrogens with zero attached hydrogens (tertiary/aromatic N) is 1. The molecular weight excluding hydrogens is 324 g/mol. The molecule has 2 aliphatic heterocycles. The summed E-state index contributed by atoms with van der Waals surface area (Å²) in [5.74, 6) is -2.30. The molecule has 0 N–H and O–H groups in total. The molecule has 4 aliphatic rings. The van der Waals surface area contributed by atoms with Crippen LogP contribution >= 0.6 is 0 Å². The third-order valence-corrected chi connectivity index (χ3v) is 6.95. The first-order chi connectivity index (χ1) is 11.9. The van der Waals surface area contributed by atoms with Crippen molar-refractivity contribution in [3.05, 3.63) is 29.8 Å². The van der Waals surface area contributed by atoms with Gasteiger partial charge in [-0.05, 0) is 55.7 Å². The smallest absolute Gasteiger partial charge is 0.249 e. The van der Waals surface area contributed by atoms with E-state index in [4.69, 9.17) is 4.74 Å². The van der Waals surface area contributed by atoms with Crippen LogP contribution in [0.25, 0.3) is 0 Å². The number of alkyl halides is 2. The number of hydrogen-bond donors (Lipinski definition) is 0. The highest BCUT2D eigenvalue weighted by atomic mass is 19.3. The number of halogens is 2. The molecule has 1 aromatic carbocycles. The number of hydrogen-bond acceptors (Lipinski definition) is 2. The van der Waals surface area contributed by atoms with Crippen LogP contribution in [0.1, 0.15) is 56.4 Å². The number of benzene rings is 1. The molecule has 2 heterocycles. The van der Waals surface area contributed by atoms with E-state index in [2.05, 4.69) is 0 Å². The molecule has 4 fully saturated rings. The molecule has 2 aliphatic carbocycles. The van der Waals surface area contributed by atoms with Crippen LogP contribution in [0.5, 0.6) is 0 Å². The number of amides is 1. The third-order valence-electron chi connectivity index (χ3n) is 6.95. The van der Waals surface area contributed by atoms with E-state index in [1.807, 2.05) is 29.2 Å². The molecule has 2 spiro atoms. The fraction of sp³-hybridized carbons (Fsp3) is 0.650. The summed E-state index contributed by atoms with van der Waals surface area (Å²) >= 11 is 0. The molecule has 1 aromatic rings. The summed E-state index contributed by atoms with van der Waals surface area (Å²) in [5, 5.41) is 0. The van der Waals surface area contributed by atoms with E-state index in [1.54, 1.807) is 0 Å². The maximum Gasteiger partial charge on any atom is 0.249 e. The fourth-order valence-electron chi connectivity index (χ4n) is 4.93. The van der Waals surface area contributed by atoms with Crippen molar-refractivity contribution in [2.24, 2.45) is 5.41 Å². The number of carbonyl (C=O) groups is 1. The van der Waals surface area contributed by atoms with Crippen LogP contribution < -0.4 is 4.90 Å². The van der Waals surface area contributed by atoms with Crippen molar-refractivity contribution < 1.29 is 18.3 Å². The zero-order valence-electron chi connectivity index (χ0n) is 14.3. The molecule has 25 heavy (non-hydrogen) atoms. The van der Waals surface area contributed by atoms with Crippen LogP contribution in [0.4, 0.5) is 14.5 Å². The van der Waals surface area contributed by atoms with Gasteiger partial charge >= 0.3 is 0 Å². The standard InChI is InChI=1S/C20H23F2NO2/c21-20(22)11-15(12-20)14-1-3-16(4-2-14)23-10-9-18(17(23)24)5-7-19(8-6-18)13-25-19/h1-4,15H,5-13H2/t18-,19-. The Balaban J connectivity index is 1.28. The lowest BCUT2D eigenvalue weighted by molar-refractivity contribution is -0.127. The van der Waals surface area contributed by atoms with E-state index in [-0.39, 0.29) is 35.7 Å². The van der Waals surface area contributed by atoms with Crippen molar-refractivity contribution in [1.82, 2.24) is 0 Å². The van der Waals surface area contributed by atoms with Crippen molar-refractivity contribution in [3.63, 3.8) is 0 Å². The van der Waals surface area contributed by atoms with Gasteiger partial charge in [0.2, 0.25) is 11.8 Å². The summed E-state index contributed by atoms with van der Waals surface area (Å²) in [6.45, 7) is 1.62. The van der Waals surface area contributed by atoms with Gasteiger partial charge in [-0.2, -0.15) is 0 Å². The van der Waals surface area contributed by atoms with Gasteiger partial charge in [0.25, 0.3) is 0 Å². The summed E-state index contributed by atoms with van der Waals surface area (Å²) in [6, 6.07) is 7.69. The molecule has 0 unspecified atom stereocenters. The van der Waals surface area contributed by atoms with E-state index >= 15 is 0 Å². The zero-order chi connectivity index (χ0) is 17.3. The van der Waals surface area contributed by atoms with Crippen LogP contribution in [-0.2, 0) is 9.53 Å². The Morgan fingerprint density at radius 2 is 1.64 bits per heavy atom. The molecule has 0 aromatic heterocycles. The normalized spacial score (nSPS) is 29.2. The highest BCUT2D eigenvalue weighted by molar-refractivity contribution is 6.00. The van der Waals surface area contributed by atoms with Crippen LogP contribution in [0, 0.1) is 5.41 Å². The average molecular weight is 347 g/mol. The first-order valence-electron chi connectivity index (χ1n) is 9.34. The van der Waals surface area contributed by atoms with Crippen LogP contribution in [0.15, 0.2) is 24.3 Å². The summed E-state index contributed by atoms with van der Waals surface area (Å²) in [4.78, 5) is 15.0. The molecule has 1 amide bonds. The Labute approximate surface area is 146 Å². The Morgan fingerprint density at radius 3 is 2.20 bits per heavy atom. The Kier molecular flexibility index (Phi) is 3.17. The summed E-state index contributed by atoms with van der Waals surface area (Å²) in [5.41, 5.74) is 1.76. The van der Waals surface area contributed by atoms with Crippen LogP contribution in [0.2, 0.25) is 0 Å². The molecule has 0 radical (unpaired) electrons. The topological polar surface area (TPSA) is 32.8 Å². The van der Waals surface area contributed by atoms with E-state index < -0.39 is 5.92 Å². The highest BCUT2D eigenvalue weighted by Crippen LogP contribution is 2.53. The monoisotopic (exact) mass is 347 g/mol. The van der Waals surface area contributed by atoms with Gasteiger partial charge in [-0.15, -0.1) is 0 Å². The minimum absolute atomic E-state index is 0.0438. The second kappa shape index (κ2) is 5.03. The van der Waals surface area contributed by atoms with Gasteiger partial charge in [-0.1, -0.05) is 12.1 Å². The second-order valence-corrected chi connectivity index (χ2v) is 8.51. The number of carbonyl (C=O) groups excluding carboxylic acids is 1. The summed E-state index contributed by atoms with van der Waals surface area (Å²) < 4.78 is 31.7. The van der Waals surface area contributed by atoms with Gasteiger partial charge in [0.15, 0.2) is 0 Å². The molecule has 2 saturated carbocycles. The lowest BCUT2D eigenvalue weighted by atomic mass is 9.69. The van der Waals surface area contributed by atoms with Gasteiger partial charge in [-0.3, -0.25) is 4.79 Å². The van der Waals surface area contributed by atoms with E-state index in [9.17, 15) is 13.6 Å². The van der Waals surface area contributed by atoms with Crippen molar-refractivity contribution in [2.45, 2.75) is 62.4 Å². The number of ether oxygens (including phenoxy) is 1. The SMILES string of the molecule is O=C1N(c2ccc(C3CC(F)(F)C3)cc2)CC[C@]12CC[C@@]1(CC2)CO1. The molecule has 5 rings (SSSR count). The van der Waals surface area contributed by atoms with Crippen molar-refractivity contribution >= 4 is 11.6 Å². The average Bonchev–Trinajstić information content (AvgIpc) is 3.27. The molecule has 5 heteroatoms. The fourth-order valence-corrected chi connectivity index (χ4v) is 4.93. The lowest BCUT2D eigenvalue weighted by Gasteiger charge is -2.35. The maximum absolute atomic E-state index is 13.1. The van der Waals surface area contributed by atoms with Gasteiger partial charge in [0.05, 0.1) is 17.6 Å². The molecule has 134 valence electrons. The predicted octanol–water partition coefficient (Wildman–Crippen LogP) is 4.27. The predicted molar refractivity (Wildman–Crippen MR) is 89.9 cm³/mol. The summed E-state index contributed by atoms with van der Waals surface area (Å²) in [7, 11) is 0. The molecule has 0 bridgehead atoms. The van der Waals surface area contributed by atoms with E-state index in [0.29, 0.717) is 0 Å². The Hall–Kier alpha value is -1.49. The Bertz CT molecular complexity index is 693. The van der Waals surface area contributed by atoms with Crippen LogP contribution in [-0.4, -0.2) is 30.6 Å². The van der Waals surface area contributed by atoms with Crippen molar-refractivity contribution in [3.8, 4) is 0 Å². The molecule has 2 saturated heterocycles. The van der Waals surface area contributed by atoms with Crippen LogP contribution in [0.3, 0.4) is 0 Å². The van der Waals surface area contributed by atoms with Gasteiger partial charge < -0.3 is 9.64 Å². The van der Waals surface area contributed by atoms with Gasteiger partial charge in [0.1, 0.15) is 0 Å². The number of epoxide rings is 1. The van der Waals surface area contributed by atoms with E-state index in [0.717, 1.165) is 56.5 Å². The van der Waals surface area contributed by atoms with Gasteiger partial charge in [0, 0.05) is 25.1 Å². The first-order valence-corrected chi connectivity index (χ1v) is 9.34. The molecule has 3 nitrogen and oxygen atoms in total. The van der Waals surface area contributed by atoms with Crippen molar-refractivity contribution in [1.29, 1.82) is 0 Å². The minimum atomic E-state index is -2.50. The number of anilines is 1. The highest BCUT2D eigenvalue weighted by Gasteiger charge is 2.56. The van der Waals surface area contributed by atoms with E-state index in [1.165, 1.54) is 0 Å². The molecule has 0 atom stereocenters. The second-order valence-electron chi connectivity index (χ2n) is 8.51. The minimum Gasteiger partial charge on any atom is -0.370 e. The van der Waals surface area contributed by atoms with Gasteiger partial charge in [-0.25, -0.2) is 8.78 Å². The third kappa shape index (κ3) is 2.50. The first kappa shape index (κ1) is 15.7. The lowest BCUT2D eigenvalue weighted by Crippen LogP contribution is -2.39. The van der Waals surface area contributed by atoms with Crippen molar-refractivity contribution in [2.75, 3.05) is 18.1 Å². The largest absolute Gasteiger partial charge is 0.370 e. The summed E-state index contributed by atoms with van der Waals surface area (Å²) in [6.07, 6.45) is 4.67. The zero-order valence-corrected chi connectivity index (χ0v) is 14.3. The Morgan fingerprint density at radius 1 is 1.00 bits per heavy atom. The maximum atomic E-state index is 13.1. The quantitative estimate of drug-likeness (QED) is 0.749.